The first-order valence-electron chi connectivity index (χ1n) is 8.04. The summed E-state index contributed by atoms with van der Waals surface area (Å²) in [6.45, 7) is 5.78. The highest BCUT2D eigenvalue weighted by atomic mass is 32.2. The lowest BCUT2D eigenvalue weighted by molar-refractivity contribution is -0.384. The first-order valence-corrected chi connectivity index (χ1v) is 9.48. The highest BCUT2D eigenvalue weighted by Gasteiger charge is 2.28. The predicted molar refractivity (Wildman–Crippen MR) is 102 cm³/mol. The number of anilines is 1. The molecule has 144 valence electrons. The first-order chi connectivity index (χ1) is 12.8. The van der Waals surface area contributed by atoms with Gasteiger partial charge >= 0.3 is 0 Å². The zero-order valence-electron chi connectivity index (χ0n) is 15.0. The maximum atomic E-state index is 13.2. The molecule has 27 heavy (non-hydrogen) atoms. The zero-order chi connectivity index (χ0) is 20.0. The summed E-state index contributed by atoms with van der Waals surface area (Å²) in [7, 11) is -2.66. The highest BCUT2D eigenvalue weighted by Crippen LogP contribution is 2.35. The van der Waals surface area contributed by atoms with Gasteiger partial charge in [-0.1, -0.05) is 6.08 Å². The van der Waals surface area contributed by atoms with Crippen molar-refractivity contribution in [3.63, 3.8) is 0 Å². The fourth-order valence-electron chi connectivity index (χ4n) is 2.43. The van der Waals surface area contributed by atoms with Crippen molar-refractivity contribution in [1.29, 1.82) is 0 Å². The predicted octanol–water partition coefficient (Wildman–Crippen LogP) is 3.38. The molecule has 0 aliphatic rings. The smallest absolute Gasteiger partial charge is 0.271 e. The molecule has 0 bridgehead atoms. The van der Waals surface area contributed by atoms with Crippen molar-refractivity contribution in [2.45, 2.75) is 11.8 Å². The molecule has 0 N–H and O–H groups in total. The normalized spacial score (nSPS) is 10.9. The lowest BCUT2D eigenvalue weighted by Gasteiger charge is -2.24. The van der Waals surface area contributed by atoms with Crippen molar-refractivity contribution in [3.05, 3.63) is 65.2 Å². The van der Waals surface area contributed by atoms with Crippen molar-refractivity contribution < 1.29 is 22.8 Å². The standard InChI is InChI=1S/C18H20N2O6S/c1-4-12-19(17-13-14(20(21)22)6-11-18(17)25-3)27(23,24)16-9-7-15(8-10-16)26-5-2/h4,6-11,13H,1,5,12H2,2-3H3. The maximum absolute atomic E-state index is 13.2. The molecule has 0 radical (unpaired) electrons. The van der Waals surface area contributed by atoms with Gasteiger partial charge in [0.05, 0.1) is 30.1 Å². The van der Waals surface area contributed by atoms with Gasteiger partial charge in [0.2, 0.25) is 0 Å². The lowest BCUT2D eigenvalue weighted by atomic mass is 10.2. The van der Waals surface area contributed by atoms with Crippen LogP contribution in [0.3, 0.4) is 0 Å². The van der Waals surface area contributed by atoms with E-state index in [0.29, 0.717) is 12.4 Å². The molecule has 0 spiro atoms. The molecule has 0 saturated heterocycles. The molecule has 0 aliphatic heterocycles. The SMILES string of the molecule is C=CCN(c1cc([N+](=O)[O-])ccc1OC)S(=O)(=O)c1ccc(OCC)cc1. The molecule has 0 heterocycles. The van der Waals surface area contributed by atoms with Gasteiger partial charge in [-0.05, 0) is 37.3 Å². The third-order valence-electron chi connectivity index (χ3n) is 3.66. The Hall–Kier alpha value is -3.07. The fraction of sp³-hybridized carbons (Fsp3) is 0.222. The number of ether oxygens (including phenoxy) is 2. The number of non-ortho nitro benzene ring substituents is 1. The first kappa shape index (κ1) is 20.2. The Labute approximate surface area is 157 Å². The second kappa shape index (κ2) is 8.54. The Morgan fingerprint density at radius 2 is 1.89 bits per heavy atom. The van der Waals surface area contributed by atoms with Crippen molar-refractivity contribution in [2.24, 2.45) is 0 Å². The zero-order valence-corrected chi connectivity index (χ0v) is 15.8. The van der Waals surface area contributed by atoms with E-state index >= 15 is 0 Å². The average Bonchev–Trinajstić information content (AvgIpc) is 2.66. The van der Waals surface area contributed by atoms with Crippen LogP contribution in [-0.2, 0) is 10.0 Å². The summed E-state index contributed by atoms with van der Waals surface area (Å²) >= 11 is 0. The molecule has 0 amide bonds. The van der Waals surface area contributed by atoms with Gasteiger partial charge in [-0.2, -0.15) is 0 Å². The quantitative estimate of drug-likeness (QED) is 0.368. The summed E-state index contributed by atoms with van der Waals surface area (Å²) < 4.78 is 37.9. The molecule has 2 aromatic carbocycles. The van der Waals surface area contributed by atoms with Crippen LogP contribution in [0.1, 0.15) is 6.92 Å². The van der Waals surface area contributed by atoms with Crippen LogP contribution in [-0.4, -0.2) is 33.6 Å². The van der Waals surface area contributed by atoms with Gasteiger partial charge in [0.15, 0.2) is 0 Å². The van der Waals surface area contributed by atoms with Gasteiger partial charge in [-0.25, -0.2) is 8.42 Å². The van der Waals surface area contributed by atoms with Gasteiger partial charge in [0.25, 0.3) is 15.7 Å². The maximum Gasteiger partial charge on any atom is 0.271 e. The summed E-state index contributed by atoms with van der Waals surface area (Å²) in [6.07, 6.45) is 1.39. The molecular weight excluding hydrogens is 372 g/mol. The molecular formula is C18H20N2O6S. The van der Waals surface area contributed by atoms with Crippen LogP contribution in [0.4, 0.5) is 11.4 Å². The Morgan fingerprint density at radius 3 is 2.41 bits per heavy atom. The second-order valence-corrected chi connectivity index (χ2v) is 7.20. The van der Waals surface area contributed by atoms with E-state index in [1.54, 1.807) is 12.1 Å². The minimum absolute atomic E-state index is 0.0152. The summed E-state index contributed by atoms with van der Waals surface area (Å²) in [6, 6.07) is 9.70. The van der Waals surface area contributed by atoms with E-state index in [9.17, 15) is 18.5 Å². The van der Waals surface area contributed by atoms with Crippen molar-refractivity contribution in [2.75, 3.05) is 24.6 Å². The average molecular weight is 392 g/mol. The molecule has 0 unspecified atom stereocenters. The van der Waals surface area contributed by atoms with E-state index in [-0.39, 0.29) is 28.6 Å². The number of rotatable bonds is 9. The molecule has 0 fully saturated rings. The Kier molecular flexibility index (Phi) is 6.40. The molecule has 2 rings (SSSR count). The van der Waals surface area contributed by atoms with Crippen LogP contribution in [0.15, 0.2) is 60.0 Å². The van der Waals surface area contributed by atoms with Crippen LogP contribution in [0.2, 0.25) is 0 Å². The number of sulfonamides is 1. The number of hydrogen-bond donors (Lipinski definition) is 0. The van der Waals surface area contributed by atoms with E-state index in [4.69, 9.17) is 9.47 Å². The number of nitro benzene ring substituents is 1. The molecule has 0 aromatic heterocycles. The van der Waals surface area contributed by atoms with Gasteiger partial charge in [0, 0.05) is 12.1 Å². The number of methoxy groups -OCH3 is 1. The number of nitro groups is 1. The van der Waals surface area contributed by atoms with Crippen LogP contribution >= 0.6 is 0 Å². The van der Waals surface area contributed by atoms with Crippen molar-refractivity contribution >= 4 is 21.4 Å². The van der Waals surface area contributed by atoms with E-state index in [1.165, 1.54) is 37.5 Å². The summed E-state index contributed by atoms with van der Waals surface area (Å²) in [5, 5.41) is 11.1. The number of hydrogen-bond acceptors (Lipinski definition) is 6. The molecule has 0 aliphatic carbocycles. The second-order valence-electron chi connectivity index (χ2n) is 5.34. The highest BCUT2D eigenvalue weighted by molar-refractivity contribution is 7.92. The molecule has 9 heteroatoms. The topological polar surface area (TPSA) is 99.0 Å². The Bertz CT molecular complexity index is 925. The minimum Gasteiger partial charge on any atom is -0.495 e. The van der Waals surface area contributed by atoms with E-state index < -0.39 is 14.9 Å². The van der Waals surface area contributed by atoms with Gasteiger partial charge in [-0.3, -0.25) is 14.4 Å². The van der Waals surface area contributed by atoms with E-state index in [1.807, 2.05) is 6.92 Å². The third kappa shape index (κ3) is 4.37. The van der Waals surface area contributed by atoms with Crippen LogP contribution < -0.4 is 13.8 Å². The van der Waals surface area contributed by atoms with Crippen LogP contribution in [0, 0.1) is 10.1 Å². The monoisotopic (exact) mass is 392 g/mol. The molecule has 2 aromatic rings. The Balaban J connectivity index is 2.57. The van der Waals surface area contributed by atoms with Crippen molar-refractivity contribution in [1.82, 2.24) is 0 Å². The lowest BCUT2D eigenvalue weighted by Crippen LogP contribution is -2.31. The van der Waals surface area contributed by atoms with Crippen LogP contribution in [0.5, 0.6) is 11.5 Å². The molecule has 8 nitrogen and oxygen atoms in total. The molecule has 0 saturated carbocycles. The van der Waals surface area contributed by atoms with E-state index in [2.05, 4.69) is 6.58 Å². The van der Waals surface area contributed by atoms with Crippen molar-refractivity contribution in [3.8, 4) is 11.5 Å². The summed E-state index contributed by atoms with van der Waals surface area (Å²) in [5.41, 5.74) is -0.192. The largest absolute Gasteiger partial charge is 0.495 e. The van der Waals surface area contributed by atoms with Gasteiger partial charge < -0.3 is 9.47 Å². The van der Waals surface area contributed by atoms with Gasteiger partial charge in [0.1, 0.15) is 17.2 Å². The number of benzene rings is 2. The summed E-state index contributed by atoms with van der Waals surface area (Å²) in [5.74, 6) is 0.733. The summed E-state index contributed by atoms with van der Waals surface area (Å²) in [4.78, 5) is 10.5. The fourth-order valence-corrected chi connectivity index (χ4v) is 3.87. The number of nitrogens with zero attached hydrogens (tertiary/aromatic N) is 2. The van der Waals surface area contributed by atoms with Gasteiger partial charge in [-0.15, -0.1) is 6.58 Å². The minimum atomic E-state index is -4.02. The Morgan fingerprint density at radius 1 is 1.22 bits per heavy atom. The molecule has 0 atom stereocenters. The third-order valence-corrected chi connectivity index (χ3v) is 5.45. The van der Waals surface area contributed by atoms with E-state index in [0.717, 1.165) is 10.4 Å². The van der Waals surface area contributed by atoms with Crippen LogP contribution in [0.25, 0.3) is 0 Å².